The molecular formula is C24H33ClN4O3. The van der Waals surface area contributed by atoms with E-state index in [0.717, 1.165) is 49.8 Å². The van der Waals surface area contributed by atoms with Crippen LogP contribution in [0.4, 0.5) is 0 Å². The van der Waals surface area contributed by atoms with E-state index >= 15 is 0 Å². The fraction of sp³-hybridized carbons (Fsp3) is 0.625. The van der Waals surface area contributed by atoms with Gasteiger partial charge in [-0.2, -0.15) is 5.10 Å². The van der Waals surface area contributed by atoms with Crippen LogP contribution in [0.25, 0.3) is 11.1 Å². The molecule has 3 heterocycles. The monoisotopic (exact) mass is 460 g/mol. The summed E-state index contributed by atoms with van der Waals surface area (Å²) in [6, 6.07) is 1.94. The Labute approximate surface area is 194 Å². The molecule has 0 bridgehead atoms. The topological polar surface area (TPSA) is 92.3 Å². The second kappa shape index (κ2) is 9.49. The van der Waals surface area contributed by atoms with Crippen molar-refractivity contribution in [2.75, 3.05) is 20.3 Å². The molecule has 32 heavy (non-hydrogen) atoms. The number of carbonyl (C=O) groups excluding carboxylic acids is 1. The lowest BCUT2D eigenvalue weighted by atomic mass is 9.76. The normalized spacial score (nSPS) is 23.1. The van der Waals surface area contributed by atoms with Crippen molar-refractivity contribution in [2.24, 2.45) is 17.1 Å². The Kier molecular flexibility index (Phi) is 6.89. The quantitative estimate of drug-likeness (QED) is 0.601. The molecule has 7 nitrogen and oxygen atoms in total. The molecule has 0 aromatic carbocycles. The summed E-state index contributed by atoms with van der Waals surface area (Å²) in [6.45, 7) is 6.48. The van der Waals surface area contributed by atoms with Gasteiger partial charge in [0.25, 0.3) is 0 Å². The fourth-order valence-corrected chi connectivity index (χ4v) is 5.46. The Morgan fingerprint density at radius 1 is 1.31 bits per heavy atom. The first kappa shape index (κ1) is 23.2. The summed E-state index contributed by atoms with van der Waals surface area (Å²) in [6.07, 6.45) is 8.25. The molecule has 174 valence electrons. The van der Waals surface area contributed by atoms with Crippen molar-refractivity contribution in [3.05, 3.63) is 34.9 Å². The predicted molar refractivity (Wildman–Crippen MR) is 123 cm³/mol. The Morgan fingerprint density at radius 2 is 2.12 bits per heavy atom. The van der Waals surface area contributed by atoms with E-state index in [1.54, 1.807) is 13.3 Å². The number of pyridine rings is 1. The number of carbonyl (C=O) groups is 1. The molecule has 1 saturated carbocycles. The van der Waals surface area contributed by atoms with E-state index in [1.165, 1.54) is 5.69 Å². The average Bonchev–Trinajstić information content (AvgIpc) is 3.25. The predicted octanol–water partition coefficient (Wildman–Crippen LogP) is 3.97. The van der Waals surface area contributed by atoms with Crippen LogP contribution < -0.4 is 5.73 Å². The lowest BCUT2D eigenvalue weighted by Crippen LogP contribution is -2.34. The number of nitrogens with two attached hydrogens (primary N) is 1. The Balaban J connectivity index is 1.61. The van der Waals surface area contributed by atoms with Crippen LogP contribution in [0.5, 0.6) is 0 Å². The van der Waals surface area contributed by atoms with Gasteiger partial charge < -0.3 is 15.2 Å². The molecule has 3 atom stereocenters. The van der Waals surface area contributed by atoms with Crippen molar-refractivity contribution in [3.63, 3.8) is 0 Å². The molecular weight excluding hydrogens is 428 g/mol. The van der Waals surface area contributed by atoms with E-state index in [9.17, 15) is 4.79 Å². The number of nitrogens with zero attached hydrogens (tertiary/aromatic N) is 3. The highest BCUT2D eigenvalue weighted by Crippen LogP contribution is 2.41. The summed E-state index contributed by atoms with van der Waals surface area (Å²) >= 11 is 6.58. The number of methoxy groups -OCH3 is 1. The van der Waals surface area contributed by atoms with Crippen molar-refractivity contribution in [3.8, 4) is 11.1 Å². The van der Waals surface area contributed by atoms with E-state index < -0.39 is 5.92 Å². The summed E-state index contributed by atoms with van der Waals surface area (Å²) in [5.41, 5.74) is 9.80. The van der Waals surface area contributed by atoms with Gasteiger partial charge >= 0.3 is 0 Å². The number of fused-ring (bicyclic) bond motifs is 1. The third-order valence-electron chi connectivity index (χ3n) is 6.74. The minimum absolute atomic E-state index is 0.0899. The maximum absolute atomic E-state index is 12.6. The van der Waals surface area contributed by atoms with Crippen LogP contribution in [0.1, 0.15) is 56.8 Å². The van der Waals surface area contributed by atoms with Crippen LogP contribution in [-0.4, -0.2) is 47.1 Å². The summed E-state index contributed by atoms with van der Waals surface area (Å²) in [4.78, 5) is 17.1. The van der Waals surface area contributed by atoms with Crippen LogP contribution in [0, 0.1) is 11.3 Å². The van der Waals surface area contributed by atoms with E-state index in [2.05, 4.69) is 28.6 Å². The number of hydrogen-bond donors (Lipinski definition) is 1. The second-order valence-electron chi connectivity index (χ2n) is 9.88. The first-order valence-electron chi connectivity index (χ1n) is 11.4. The van der Waals surface area contributed by atoms with Crippen LogP contribution in [0.2, 0.25) is 5.02 Å². The minimum Gasteiger partial charge on any atom is -0.382 e. The molecule has 4 rings (SSSR count). The molecule has 0 spiro atoms. The number of primary amides is 1. The van der Waals surface area contributed by atoms with Gasteiger partial charge in [-0.3, -0.25) is 14.5 Å². The fourth-order valence-electron chi connectivity index (χ4n) is 5.26. The molecule has 0 radical (unpaired) electrons. The van der Waals surface area contributed by atoms with Gasteiger partial charge in [-0.25, -0.2) is 0 Å². The van der Waals surface area contributed by atoms with Gasteiger partial charge in [0, 0.05) is 36.7 Å². The van der Waals surface area contributed by atoms with Crippen molar-refractivity contribution in [1.82, 2.24) is 14.8 Å². The molecule has 0 saturated heterocycles. The first-order chi connectivity index (χ1) is 15.3. The molecule has 1 aliphatic carbocycles. The molecule has 2 aromatic heterocycles. The number of rotatable bonds is 8. The molecule has 2 N–H and O–H groups in total. The van der Waals surface area contributed by atoms with Gasteiger partial charge in [-0.05, 0) is 43.1 Å². The summed E-state index contributed by atoms with van der Waals surface area (Å²) in [5.74, 6) is -0.735. The SMILES string of the molecule is COCCOC1CCCC(C(C(N)=O)c2cc(-c3cnn4c3CC(C)(C)C4)c(Cl)cn2)C1. The summed E-state index contributed by atoms with van der Waals surface area (Å²) < 4.78 is 13.1. The van der Waals surface area contributed by atoms with E-state index in [1.807, 2.05) is 12.3 Å². The van der Waals surface area contributed by atoms with Crippen molar-refractivity contribution in [2.45, 2.75) is 64.5 Å². The van der Waals surface area contributed by atoms with Gasteiger partial charge in [0.2, 0.25) is 5.91 Å². The number of halogens is 1. The van der Waals surface area contributed by atoms with E-state index in [4.69, 9.17) is 26.8 Å². The molecule has 1 fully saturated rings. The van der Waals surface area contributed by atoms with E-state index in [-0.39, 0.29) is 23.3 Å². The second-order valence-corrected chi connectivity index (χ2v) is 10.3. The van der Waals surface area contributed by atoms with Crippen LogP contribution in [0.3, 0.4) is 0 Å². The Bertz CT molecular complexity index is 974. The third kappa shape index (κ3) is 4.85. The number of ether oxygens (including phenoxy) is 2. The van der Waals surface area contributed by atoms with Gasteiger partial charge in [0.05, 0.1) is 42.1 Å². The summed E-state index contributed by atoms with van der Waals surface area (Å²) in [7, 11) is 1.66. The zero-order valence-electron chi connectivity index (χ0n) is 19.1. The number of hydrogen-bond acceptors (Lipinski definition) is 5. The molecule has 8 heteroatoms. The van der Waals surface area contributed by atoms with Gasteiger partial charge in [0.1, 0.15) is 0 Å². The summed E-state index contributed by atoms with van der Waals surface area (Å²) in [5, 5.41) is 5.13. The van der Waals surface area contributed by atoms with Gasteiger partial charge in [-0.1, -0.05) is 31.9 Å². The van der Waals surface area contributed by atoms with Crippen LogP contribution >= 0.6 is 11.6 Å². The highest BCUT2D eigenvalue weighted by atomic mass is 35.5. The highest BCUT2D eigenvalue weighted by Gasteiger charge is 2.36. The highest BCUT2D eigenvalue weighted by molar-refractivity contribution is 6.33. The lowest BCUT2D eigenvalue weighted by Gasteiger charge is -2.33. The van der Waals surface area contributed by atoms with Gasteiger partial charge in [-0.15, -0.1) is 0 Å². The maximum Gasteiger partial charge on any atom is 0.226 e. The maximum atomic E-state index is 12.6. The zero-order valence-corrected chi connectivity index (χ0v) is 19.9. The lowest BCUT2D eigenvalue weighted by molar-refractivity contribution is -0.121. The number of aromatic nitrogens is 3. The molecule has 3 unspecified atom stereocenters. The largest absolute Gasteiger partial charge is 0.382 e. The molecule has 2 aromatic rings. The van der Waals surface area contributed by atoms with Crippen molar-refractivity contribution < 1.29 is 14.3 Å². The smallest absolute Gasteiger partial charge is 0.226 e. The minimum atomic E-state index is -0.472. The molecule has 1 amide bonds. The van der Waals surface area contributed by atoms with Crippen LogP contribution in [0.15, 0.2) is 18.5 Å². The van der Waals surface area contributed by atoms with Gasteiger partial charge in [0.15, 0.2) is 0 Å². The van der Waals surface area contributed by atoms with Crippen LogP contribution in [-0.2, 0) is 27.2 Å². The first-order valence-corrected chi connectivity index (χ1v) is 11.8. The van der Waals surface area contributed by atoms with Crippen molar-refractivity contribution in [1.29, 1.82) is 0 Å². The van der Waals surface area contributed by atoms with E-state index in [0.29, 0.717) is 23.9 Å². The standard InChI is InChI=1S/C24H33ClN4O3/c1-24(2)11-21-18(12-28-29(21)14-24)17-10-20(27-13-19(17)25)22(23(26)30)15-5-4-6-16(9-15)32-8-7-31-3/h10,12-13,15-16,22H,4-9,11,14H2,1-3H3,(H2,26,30). The van der Waals surface area contributed by atoms with Crippen molar-refractivity contribution >= 4 is 17.5 Å². The number of amides is 1. The molecule has 1 aliphatic heterocycles. The Hall–Kier alpha value is -1.96. The Morgan fingerprint density at radius 3 is 2.88 bits per heavy atom. The molecule has 2 aliphatic rings. The third-order valence-corrected chi connectivity index (χ3v) is 7.04. The average molecular weight is 461 g/mol. The zero-order chi connectivity index (χ0) is 22.9.